The molecule has 2 amide bonds. The van der Waals surface area contributed by atoms with Crippen LogP contribution in [0.25, 0.3) is 6.08 Å². The van der Waals surface area contributed by atoms with E-state index in [-0.39, 0.29) is 17.9 Å². The predicted molar refractivity (Wildman–Crippen MR) is 95.0 cm³/mol. The van der Waals surface area contributed by atoms with Gasteiger partial charge in [-0.3, -0.25) is 19.7 Å². The van der Waals surface area contributed by atoms with Crippen molar-refractivity contribution in [3.05, 3.63) is 63.4 Å². The first kappa shape index (κ1) is 18.1. The van der Waals surface area contributed by atoms with Crippen LogP contribution < -0.4 is 4.74 Å². The Kier molecular flexibility index (Phi) is 4.84. The fourth-order valence-electron chi connectivity index (χ4n) is 2.35. The normalized spacial score (nSPS) is 15.2. The van der Waals surface area contributed by atoms with E-state index in [9.17, 15) is 19.7 Å². The molecule has 9 heteroatoms. The lowest BCUT2D eigenvalue weighted by atomic mass is 10.1. The highest BCUT2D eigenvalue weighted by Crippen LogP contribution is 2.22. The molecule has 0 atom stereocenters. The molecular formula is C18H15N3O6. The number of benzene rings is 1. The molecule has 2 heterocycles. The standard InChI is InChI=1S/C18H15N3O6/c1-11-3-5-13(6-4-11)26-10-16(22)20-18(23)15(12(2)19-20)9-14-7-8-17(27-14)21(24)25/h3-9H,10H2,1-2H3/b15-9-. The summed E-state index contributed by atoms with van der Waals surface area (Å²) in [6, 6.07) is 9.66. The fraction of sp³-hybridized carbons (Fsp3) is 0.167. The third-order valence-corrected chi connectivity index (χ3v) is 3.76. The molecule has 0 N–H and O–H groups in total. The number of carbonyl (C=O) groups excluding carboxylic acids is 2. The molecule has 1 aliphatic rings. The average Bonchev–Trinajstić information content (AvgIpc) is 3.21. The number of carbonyl (C=O) groups is 2. The molecule has 0 saturated carbocycles. The van der Waals surface area contributed by atoms with Gasteiger partial charge in [-0.25, -0.2) is 0 Å². The van der Waals surface area contributed by atoms with Crippen molar-refractivity contribution in [1.29, 1.82) is 0 Å². The van der Waals surface area contributed by atoms with Crippen LogP contribution in [0.2, 0.25) is 0 Å². The van der Waals surface area contributed by atoms with Crippen LogP contribution in [0.4, 0.5) is 5.88 Å². The second kappa shape index (κ2) is 7.24. The van der Waals surface area contributed by atoms with Crippen LogP contribution in [0, 0.1) is 17.0 Å². The number of imide groups is 1. The molecular weight excluding hydrogens is 354 g/mol. The van der Waals surface area contributed by atoms with Gasteiger partial charge in [-0.1, -0.05) is 17.7 Å². The van der Waals surface area contributed by atoms with Crippen LogP contribution in [0.5, 0.6) is 5.75 Å². The molecule has 0 fully saturated rings. The number of aryl methyl sites for hydroxylation is 1. The van der Waals surface area contributed by atoms with E-state index in [2.05, 4.69) is 5.10 Å². The number of hydrogen-bond donors (Lipinski definition) is 0. The number of furan rings is 1. The van der Waals surface area contributed by atoms with Crippen molar-refractivity contribution in [3.63, 3.8) is 0 Å². The first-order valence-corrected chi connectivity index (χ1v) is 7.93. The van der Waals surface area contributed by atoms with Crippen molar-refractivity contribution < 1.29 is 23.7 Å². The van der Waals surface area contributed by atoms with E-state index in [0.29, 0.717) is 16.5 Å². The summed E-state index contributed by atoms with van der Waals surface area (Å²) < 4.78 is 10.4. The summed E-state index contributed by atoms with van der Waals surface area (Å²) in [6.45, 7) is 3.12. The maximum Gasteiger partial charge on any atom is 0.433 e. The van der Waals surface area contributed by atoms with Crippen molar-refractivity contribution in [2.45, 2.75) is 13.8 Å². The van der Waals surface area contributed by atoms with Crippen LogP contribution in [0.3, 0.4) is 0 Å². The highest BCUT2D eigenvalue weighted by molar-refractivity contribution is 6.29. The van der Waals surface area contributed by atoms with E-state index in [1.165, 1.54) is 18.2 Å². The molecule has 27 heavy (non-hydrogen) atoms. The van der Waals surface area contributed by atoms with Gasteiger partial charge in [0.05, 0.1) is 17.4 Å². The number of rotatable bonds is 5. The van der Waals surface area contributed by atoms with Gasteiger partial charge in [0.1, 0.15) is 16.4 Å². The Balaban J connectivity index is 1.70. The maximum atomic E-state index is 12.4. The summed E-state index contributed by atoms with van der Waals surface area (Å²) in [5.41, 5.74) is 1.46. The van der Waals surface area contributed by atoms with Crippen LogP contribution in [-0.4, -0.2) is 34.1 Å². The van der Waals surface area contributed by atoms with Crippen molar-refractivity contribution in [2.24, 2.45) is 5.10 Å². The fourth-order valence-corrected chi connectivity index (χ4v) is 2.35. The van der Waals surface area contributed by atoms with Gasteiger partial charge in [0.2, 0.25) is 0 Å². The van der Waals surface area contributed by atoms with Gasteiger partial charge < -0.3 is 9.15 Å². The Bertz CT molecular complexity index is 971. The molecule has 0 unspecified atom stereocenters. The topological polar surface area (TPSA) is 115 Å². The van der Waals surface area contributed by atoms with Gasteiger partial charge in [-0.05, 0) is 38.1 Å². The van der Waals surface area contributed by atoms with Gasteiger partial charge in [-0.15, -0.1) is 0 Å². The lowest BCUT2D eigenvalue weighted by Gasteiger charge is -2.11. The van der Waals surface area contributed by atoms with E-state index in [1.54, 1.807) is 19.1 Å². The van der Waals surface area contributed by atoms with E-state index in [0.717, 1.165) is 5.56 Å². The summed E-state index contributed by atoms with van der Waals surface area (Å²) in [5, 5.41) is 15.3. The van der Waals surface area contributed by atoms with Crippen molar-refractivity contribution in [3.8, 4) is 5.75 Å². The van der Waals surface area contributed by atoms with Gasteiger partial charge in [-0.2, -0.15) is 10.1 Å². The summed E-state index contributed by atoms with van der Waals surface area (Å²) in [7, 11) is 0. The summed E-state index contributed by atoms with van der Waals surface area (Å²) >= 11 is 0. The Morgan fingerprint density at radius 1 is 1.26 bits per heavy atom. The molecule has 138 valence electrons. The average molecular weight is 369 g/mol. The third kappa shape index (κ3) is 3.92. The number of hydrogen-bond acceptors (Lipinski definition) is 7. The predicted octanol–water partition coefficient (Wildman–Crippen LogP) is 2.70. The minimum Gasteiger partial charge on any atom is -0.484 e. The van der Waals surface area contributed by atoms with E-state index >= 15 is 0 Å². The molecule has 9 nitrogen and oxygen atoms in total. The minimum absolute atomic E-state index is 0.114. The Hall–Kier alpha value is -3.75. The van der Waals surface area contributed by atoms with Crippen LogP contribution in [0.15, 0.2) is 51.5 Å². The highest BCUT2D eigenvalue weighted by Gasteiger charge is 2.33. The second-order valence-corrected chi connectivity index (χ2v) is 5.79. The van der Waals surface area contributed by atoms with Crippen LogP contribution in [-0.2, 0) is 9.59 Å². The maximum absolute atomic E-state index is 12.4. The summed E-state index contributed by atoms with van der Waals surface area (Å²) in [5.74, 6) is -1.11. The van der Waals surface area contributed by atoms with Crippen molar-refractivity contribution in [1.82, 2.24) is 5.01 Å². The van der Waals surface area contributed by atoms with Crippen molar-refractivity contribution >= 4 is 29.5 Å². The zero-order chi connectivity index (χ0) is 19.6. The molecule has 0 aliphatic carbocycles. The first-order valence-electron chi connectivity index (χ1n) is 7.93. The second-order valence-electron chi connectivity index (χ2n) is 5.79. The summed E-state index contributed by atoms with van der Waals surface area (Å²) in [6.07, 6.45) is 1.31. The van der Waals surface area contributed by atoms with Crippen LogP contribution >= 0.6 is 0 Å². The first-order chi connectivity index (χ1) is 12.8. The van der Waals surface area contributed by atoms with Crippen LogP contribution in [0.1, 0.15) is 18.2 Å². The van der Waals surface area contributed by atoms with Gasteiger partial charge in [0.15, 0.2) is 6.61 Å². The monoisotopic (exact) mass is 369 g/mol. The van der Waals surface area contributed by atoms with Gasteiger partial charge in [0.25, 0.3) is 11.8 Å². The smallest absolute Gasteiger partial charge is 0.433 e. The number of amides is 2. The quantitative estimate of drug-likeness (QED) is 0.455. The number of hydrazone groups is 1. The molecule has 2 aromatic rings. The minimum atomic E-state index is -0.683. The third-order valence-electron chi connectivity index (χ3n) is 3.76. The molecule has 1 aromatic heterocycles. The van der Waals surface area contributed by atoms with Crippen molar-refractivity contribution in [2.75, 3.05) is 6.61 Å². The highest BCUT2D eigenvalue weighted by atomic mass is 16.6. The molecule has 1 aliphatic heterocycles. The molecule has 0 spiro atoms. The molecule has 0 bridgehead atoms. The zero-order valence-corrected chi connectivity index (χ0v) is 14.5. The lowest BCUT2D eigenvalue weighted by molar-refractivity contribution is -0.402. The Labute approximate surface area is 153 Å². The SMILES string of the molecule is CC1=NN(C(=O)COc2ccc(C)cc2)C(=O)/C1=C\c1ccc([N+](=O)[O-])o1. The largest absolute Gasteiger partial charge is 0.484 e. The van der Waals surface area contributed by atoms with Gasteiger partial charge in [0, 0.05) is 0 Å². The van der Waals surface area contributed by atoms with E-state index in [1.807, 2.05) is 19.1 Å². The Morgan fingerprint density at radius 2 is 1.96 bits per heavy atom. The summed E-state index contributed by atoms with van der Waals surface area (Å²) in [4.78, 5) is 34.7. The molecule has 0 saturated heterocycles. The van der Waals surface area contributed by atoms with E-state index in [4.69, 9.17) is 9.15 Å². The molecule has 0 radical (unpaired) electrons. The molecule has 1 aromatic carbocycles. The number of ether oxygens (including phenoxy) is 1. The Morgan fingerprint density at radius 3 is 2.59 bits per heavy atom. The van der Waals surface area contributed by atoms with E-state index < -0.39 is 22.6 Å². The number of nitro groups is 1. The zero-order valence-electron chi connectivity index (χ0n) is 14.5. The lowest BCUT2D eigenvalue weighted by Crippen LogP contribution is -2.33. The molecule has 3 rings (SSSR count). The number of nitrogens with zero attached hydrogens (tertiary/aromatic N) is 3. The van der Waals surface area contributed by atoms with Gasteiger partial charge >= 0.3 is 5.88 Å².